The Labute approximate surface area is 174 Å². The van der Waals surface area contributed by atoms with Crippen molar-refractivity contribution in [3.05, 3.63) is 66.2 Å². The van der Waals surface area contributed by atoms with E-state index in [1.807, 2.05) is 6.07 Å². The van der Waals surface area contributed by atoms with Gasteiger partial charge in [-0.05, 0) is 35.9 Å². The third-order valence-electron chi connectivity index (χ3n) is 4.42. The van der Waals surface area contributed by atoms with Gasteiger partial charge in [-0.1, -0.05) is 24.3 Å². The Morgan fingerprint density at radius 1 is 0.933 bits per heavy atom. The van der Waals surface area contributed by atoms with Gasteiger partial charge in [0.15, 0.2) is 11.5 Å². The van der Waals surface area contributed by atoms with Crippen molar-refractivity contribution in [1.29, 1.82) is 0 Å². The molecular weight excluding hydrogens is 410 g/mol. The molecule has 0 saturated carbocycles. The van der Waals surface area contributed by atoms with Crippen LogP contribution in [0.2, 0.25) is 0 Å². The number of rotatable bonds is 7. The first-order chi connectivity index (χ1) is 14.4. The highest BCUT2D eigenvalue weighted by Gasteiger charge is 2.18. The molecule has 9 heteroatoms. The van der Waals surface area contributed by atoms with Crippen molar-refractivity contribution in [2.75, 3.05) is 18.5 Å². The number of carboxylic acids is 1. The third kappa shape index (κ3) is 4.01. The zero-order chi connectivity index (χ0) is 21.8. The molecule has 0 bridgehead atoms. The van der Waals surface area contributed by atoms with E-state index >= 15 is 0 Å². The van der Waals surface area contributed by atoms with Gasteiger partial charge in [0.25, 0.3) is 0 Å². The first-order valence-electron chi connectivity index (χ1n) is 8.69. The number of anilines is 2. The molecule has 0 heterocycles. The molecule has 0 aromatic heterocycles. The predicted molar refractivity (Wildman–Crippen MR) is 113 cm³/mol. The van der Waals surface area contributed by atoms with E-state index in [2.05, 4.69) is 0 Å². The van der Waals surface area contributed by atoms with E-state index in [-0.39, 0.29) is 11.3 Å². The standard InChI is InChI=1S/C21H19NO7S/c1-28-19-8-4-7-16(20(19)29-2)13-5-3-6-14(11-13)22(30(26)27)15-9-10-17(21(24)25)18(23)12-15/h3-12,23,30H,1-2H3,(H,24,25). The average Bonchev–Trinajstić information content (AvgIpc) is 2.73. The molecule has 2 N–H and O–H groups in total. The molecule has 0 aliphatic carbocycles. The fraction of sp³-hybridized carbons (Fsp3) is 0.0952. The van der Waals surface area contributed by atoms with Crippen molar-refractivity contribution in [3.63, 3.8) is 0 Å². The van der Waals surface area contributed by atoms with Crippen molar-refractivity contribution in [2.24, 2.45) is 0 Å². The van der Waals surface area contributed by atoms with E-state index in [0.29, 0.717) is 28.3 Å². The second-order valence-corrected chi connectivity index (χ2v) is 7.02. The number of thiol groups is 1. The van der Waals surface area contributed by atoms with Gasteiger partial charge >= 0.3 is 5.97 Å². The van der Waals surface area contributed by atoms with Crippen molar-refractivity contribution in [1.82, 2.24) is 0 Å². The molecule has 0 radical (unpaired) electrons. The Hall–Kier alpha value is -3.72. The second-order valence-electron chi connectivity index (χ2n) is 6.15. The molecule has 0 unspecified atom stereocenters. The molecule has 3 aromatic rings. The summed E-state index contributed by atoms with van der Waals surface area (Å²) >= 11 is 0. The number of carbonyl (C=O) groups is 1. The van der Waals surface area contributed by atoms with Gasteiger partial charge in [0.2, 0.25) is 10.9 Å². The fourth-order valence-corrected chi connectivity index (χ4v) is 3.72. The van der Waals surface area contributed by atoms with Gasteiger partial charge in [0.1, 0.15) is 11.3 Å². The number of benzene rings is 3. The number of aromatic hydroxyl groups is 1. The van der Waals surface area contributed by atoms with Crippen LogP contribution in [0.15, 0.2) is 60.7 Å². The minimum absolute atomic E-state index is 0.100. The Balaban J connectivity index is 2.12. The molecule has 0 atom stereocenters. The molecule has 8 nitrogen and oxygen atoms in total. The zero-order valence-corrected chi connectivity index (χ0v) is 17.0. The molecule has 0 aliphatic rings. The Morgan fingerprint density at radius 3 is 2.23 bits per heavy atom. The van der Waals surface area contributed by atoms with Gasteiger partial charge in [-0.3, -0.25) is 0 Å². The van der Waals surface area contributed by atoms with Gasteiger partial charge in [0, 0.05) is 11.6 Å². The van der Waals surface area contributed by atoms with Crippen LogP contribution in [-0.2, 0) is 10.9 Å². The molecule has 0 amide bonds. The Morgan fingerprint density at radius 2 is 1.63 bits per heavy atom. The lowest BCUT2D eigenvalue weighted by atomic mass is 10.0. The summed E-state index contributed by atoms with van der Waals surface area (Å²) in [5.74, 6) is -0.822. The number of methoxy groups -OCH3 is 2. The quantitative estimate of drug-likeness (QED) is 0.493. The van der Waals surface area contributed by atoms with Gasteiger partial charge in [-0.15, -0.1) is 0 Å². The molecule has 30 heavy (non-hydrogen) atoms. The number of nitrogens with zero attached hydrogens (tertiary/aromatic N) is 1. The van der Waals surface area contributed by atoms with Crippen LogP contribution >= 0.6 is 0 Å². The van der Waals surface area contributed by atoms with E-state index < -0.39 is 22.6 Å². The highest BCUT2D eigenvalue weighted by atomic mass is 32.2. The summed E-state index contributed by atoms with van der Waals surface area (Å²) < 4.78 is 35.8. The summed E-state index contributed by atoms with van der Waals surface area (Å²) in [7, 11) is -0.101. The summed E-state index contributed by atoms with van der Waals surface area (Å²) in [4.78, 5) is 11.1. The van der Waals surface area contributed by atoms with Gasteiger partial charge in [0.05, 0.1) is 25.6 Å². The number of ether oxygens (including phenoxy) is 2. The second kappa shape index (κ2) is 8.75. The zero-order valence-electron chi connectivity index (χ0n) is 16.1. The van der Waals surface area contributed by atoms with Crippen molar-refractivity contribution < 1.29 is 32.9 Å². The summed E-state index contributed by atoms with van der Waals surface area (Å²) in [6, 6.07) is 15.6. The monoisotopic (exact) mass is 429 g/mol. The first kappa shape index (κ1) is 21.0. The van der Waals surface area contributed by atoms with Crippen LogP contribution in [0.1, 0.15) is 10.4 Å². The maximum atomic E-state index is 12.0. The van der Waals surface area contributed by atoms with Gasteiger partial charge in [-0.25, -0.2) is 17.5 Å². The Bertz CT molecular complexity index is 1170. The number of para-hydroxylation sites is 1. The smallest absolute Gasteiger partial charge is 0.339 e. The van der Waals surface area contributed by atoms with E-state index in [1.165, 1.54) is 20.3 Å². The molecule has 3 aromatic carbocycles. The van der Waals surface area contributed by atoms with Crippen molar-refractivity contribution >= 4 is 28.2 Å². The minimum Gasteiger partial charge on any atom is -0.507 e. The van der Waals surface area contributed by atoms with Gasteiger partial charge in [-0.2, -0.15) is 0 Å². The number of hydrogen-bond acceptors (Lipinski definition) is 6. The van der Waals surface area contributed by atoms with E-state index in [4.69, 9.17) is 14.6 Å². The number of hydrogen-bond donors (Lipinski definition) is 3. The summed E-state index contributed by atoms with van der Waals surface area (Å²) in [6.07, 6.45) is 0. The SMILES string of the molecule is COc1cccc(-c2cccc(N(c3ccc(C(=O)O)c(O)c3)[SH](=O)=O)c2)c1OC. The van der Waals surface area contributed by atoms with Crippen LogP contribution in [0.3, 0.4) is 0 Å². The fourth-order valence-electron chi connectivity index (χ4n) is 3.09. The van der Waals surface area contributed by atoms with Crippen LogP contribution in [0.4, 0.5) is 11.4 Å². The summed E-state index contributed by atoms with van der Waals surface area (Å²) in [5.41, 5.74) is 1.45. The molecule has 0 saturated heterocycles. The lowest BCUT2D eigenvalue weighted by molar-refractivity contribution is 0.0693. The molecule has 0 fully saturated rings. The third-order valence-corrected chi connectivity index (χ3v) is 5.21. The highest BCUT2D eigenvalue weighted by molar-refractivity contribution is 7.74. The normalized spacial score (nSPS) is 10.6. The number of phenols is 1. The van der Waals surface area contributed by atoms with Crippen LogP contribution in [0.25, 0.3) is 11.1 Å². The van der Waals surface area contributed by atoms with Crippen molar-refractivity contribution in [3.8, 4) is 28.4 Å². The van der Waals surface area contributed by atoms with Crippen LogP contribution < -0.4 is 13.8 Å². The van der Waals surface area contributed by atoms with Crippen LogP contribution in [0, 0.1) is 0 Å². The largest absolute Gasteiger partial charge is 0.507 e. The van der Waals surface area contributed by atoms with Gasteiger partial charge < -0.3 is 19.7 Å². The van der Waals surface area contributed by atoms with Crippen molar-refractivity contribution in [2.45, 2.75) is 0 Å². The lowest BCUT2D eigenvalue weighted by Crippen LogP contribution is -2.14. The average molecular weight is 429 g/mol. The maximum absolute atomic E-state index is 12.0. The highest BCUT2D eigenvalue weighted by Crippen LogP contribution is 2.39. The first-order valence-corrected chi connectivity index (χ1v) is 9.82. The summed E-state index contributed by atoms with van der Waals surface area (Å²) in [6.45, 7) is 0. The Kier molecular flexibility index (Phi) is 6.12. The molecule has 156 valence electrons. The molecular formula is C21H19NO7S. The van der Waals surface area contributed by atoms with E-state index in [9.17, 15) is 18.3 Å². The lowest BCUT2D eigenvalue weighted by Gasteiger charge is -2.20. The maximum Gasteiger partial charge on any atom is 0.339 e. The number of carboxylic acid groups (broad SMARTS) is 1. The number of aromatic carboxylic acids is 1. The topological polar surface area (TPSA) is 113 Å². The summed E-state index contributed by atoms with van der Waals surface area (Å²) in [5, 5.41) is 19.0. The molecule has 0 spiro atoms. The molecule has 3 rings (SSSR count). The minimum atomic E-state index is -3.14. The van der Waals surface area contributed by atoms with E-state index in [0.717, 1.165) is 16.4 Å². The predicted octanol–water partition coefficient (Wildman–Crippen LogP) is 3.44. The molecule has 0 aliphatic heterocycles. The van der Waals surface area contributed by atoms with E-state index in [1.54, 1.807) is 36.4 Å². The van der Waals surface area contributed by atoms with Crippen LogP contribution in [0.5, 0.6) is 17.2 Å². The van der Waals surface area contributed by atoms with Crippen LogP contribution in [-0.4, -0.2) is 38.8 Å².